The highest BCUT2D eigenvalue weighted by Gasteiger charge is 2.41. The molecule has 1 aliphatic carbocycles. The molecule has 0 aromatic rings. The van der Waals surface area contributed by atoms with Crippen molar-refractivity contribution in [2.75, 3.05) is 19.8 Å². The Hall–Kier alpha value is -0.610. The van der Waals surface area contributed by atoms with E-state index in [1.165, 1.54) is 12.8 Å². The molecule has 0 aromatic carbocycles. The van der Waals surface area contributed by atoms with Crippen molar-refractivity contribution in [2.45, 2.75) is 32.2 Å². The summed E-state index contributed by atoms with van der Waals surface area (Å²) >= 11 is 0. The second-order valence-corrected chi connectivity index (χ2v) is 4.88. The molecule has 2 aliphatic rings. The number of hydrogen-bond donors (Lipinski definition) is 2. The Kier molecular flexibility index (Phi) is 2.98. The Balaban J connectivity index is 1.77. The predicted octanol–water partition coefficient (Wildman–Crippen LogP) is 0.267. The van der Waals surface area contributed by atoms with Crippen LogP contribution in [0.2, 0.25) is 0 Å². The lowest BCUT2D eigenvalue weighted by molar-refractivity contribution is -0.125. The van der Waals surface area contributed by atoms with Gasteiger partial charge in [0.1, 0.15) is 0 Å². The maximum Gasteiger partial charge on any atom is 0.227 e. The van der Waals surface area contributed by atoms with Crippen molar-refractivity contribution in [2.24, 2.45) is 17.1 Å². The zero-order valence-electron chi connectivity index (χ0n) is 9.29. The van der Waals surface area contributed by atoms with Gasteiger partial charge in [0.15, 0.2) is 0 Å². The first-order valence-corrected chi connectivity index (χ1v) is 5.78. The van der Waals surface area contributed by atoms with Crippen molar-refractivity contribution < 1.29 is 9.53 Å². The van der Waals surface area contributed by atoms with E-state index in [1.807, 2.05) is 0 Å². The van der Waals surface area contributed by atoms with E-state index in [-0.39, 0.29) is 17.9 Å². The van der Waals surface area contributed by atoms with Crippen LogP contribution >= 0.6 is 0 Å². The summed E-state index contributed by atoms with van der Waals surface area (Å²) in [6.45, 7) is 3.98. The van der Waals surface area contributed by atoms with Gasteiger partial charge in [-0.2, -0.15) is 0 Å². The van der Waals surface area contributed by atoms with Crippen molar-refractivity contribution in [3.05, 3.63) is 0 Å². The van der Waals surface area contributed by atoms with E-state index < -0.39 is 0 Å². The van der Waals surface area contributed by atoms with Crippen molar-refractivity contribution in [3.63, 3.8) is 0 Å². The zero-order chi connectivity index (χ0) is 10.9. The van der Waals surface area contributed by atoms with Crippen LogP contribution in [0.4, 0.5) is 0 Å². The molecule has 0 bridgehead atoms. The summed E-state index contributed by atoms with van der Waals surface area (Å²) < 4.78 is 5.18. The molecule has 1 amide bonds. The maximum absolute atomic E-state index is 11.8. The Labute approximate surface area is 90.5 Å². The van der Waals surface area contributed by atoms with Crippen LogP contribution in [0.25, 0.3) is 0 Å². The fraction of sp³-hybridized carbons (Fsp3) is 0.909. The highest BCUT2D eigenvalue weighted by Crippen LogP contribution is 2.47. The lowest BCUT2D eigenvalue weighted by Gasteiger charge is -2.17. The lowest BCUT2D eigenvalue weighted by Crippen LogP contribution is -2.42. The van der Waals surface area contributed by atoms with Crippen LogP contribution in [0, 0.1) is 11.3 Å². The summed E-state index contributed by atoms with van der Waals surface area (Å²) in [7, 11) is 0. The van der Waals surface area contributed by atoms with Gasteiger partial charge >= 0.3 is 0 Å². The smallest absolute Gasteiger partial charge is 0.227 e. The summed E-state index contributed by atoms with van der Waals surface area (Å²) in [5.74, 6) is -0.0719. The zero-order valence-corrected chi connectivity index (χ0v) is 9.29. The van der Waals surface area contributed by atoms with Gasteiger partial charge in [-0.3, -0.25) is 4.79 Å². The van der Waals surface area contributed by atoms with E-state index >= 15 is 0 Å². The number of rotatable bonds is 4. The molecule has 0 spiro atoms. The first kappa shape index (κ1) is 10.9. The summed E-state index contributed by atoms with van der Waals surface area (Å²) in [6.07, 6.45) is 3.65. The van der Waals surface area contributed by atoms with E-state index in [9.17, 15) is 4.79 Å². The second-order valence-electron chi connectivity index (χ2n) is 4.88. The molecule has 2 unspecified atom stereocenters. The Morgan fingerprint density at radius 3 is 2.73 bits per heavy atom. The molecular weight excluding hydrogens is 192 g/mol. The minimum atomic E-state index is -0.141. The minimum Gasteiger partial charge on any atom is -0.379 e. The van der Waals surface area contributed by atoms with Gasteiger partial charge in [-0.05, 0) is 24.7 Å². The van der Waals surface area contributed by atoms with Crippen LogP contribution in [0.5, 0.6) is 0 Å². The third kappa shape index (κ3) is 2.32. The van der Waals surface area contributed by atoms with E-state index in [1.54, 1.807) is 0 Å². The van der Waals surface area contributed by atoms with Gasteiger partial charge in [0.05, 0.1) is 19.1 Å². The molecule has 0 radical (unpaired) electrons. The third-order valence-electron chi connectivity index (χ3n) is 3.81. The van der Waals surface area contributed by atoms with Gasteiger partial charge in [-0.15, -0.1) is 0 Å². The fourth-order valence-electron chi connectivity index (χ4n) is 2.08. The van der Waals surface area contributed by atoms with Gasteiger partial charge in [0.2, 0.25) is 5.91 Å². The van der Waals surface area contributed by atoms with Crippen LogP contribution in [0.3, 0.4) is 0 Å². The van der Waals surface area contributed by atoms with Gasteiger partial charge in [0.25, 0.3) is 0 Å². The Morgan fingerprint density at radius 1 is 1.53 bits per heavy atom. The van der Waals surface area contributed by atoms with E-state index in [0.29, 0.717) is 18.6 Å². The average molecular weight is 212 g/mol. The van der Waals surface area contributed by atoms with E-state index in [4.69, 9.17) is 10.5 Å². The van der Waals surface area contributed by atoms with Crippen LogP contribution < -0.4 is 11.1 Å². The lowest BCUT2D eigenvalue weighted by atomic mass is 10.0. The van der Waals surface area contributed by atoms with Crippen molar-refractivity contribution in [1.29, 1.82) is 0 Å². The number of nitrogens with one attached hydrogen (secondary N) is 1. The number of nitrogens with two attached hydrogens (primary N) is 1. The number of carbonyl (C=O) groups excluding carboxylic acids is 1. The highest BCUT2D eigenvalue weighted by atomic mass is 16.5. The largest absolute Gasteiger partial charge is 0.379 e. The molecule has 86 valence electrons. The molecule has 4 nitrogen and oxygen atoms in total. The third-order valence-corrected chi connectivity index (χ3v) is 3.81. The molecule has 1 heterocycles. The number of carbonyl (C=O) groups is 1. The quantitative estimate of drug-likeness (QED) is 0.703. The molecule has 2 fully saturated rings. The highest BCUT2D eigenvalue weighted by molar-refractivity contribution is 5.79. The van der Waals surface area contributed by atoms with Crippen molar-refractivity contribution in [3.8, 4) is 0 Å². The van der Waals surface area contributed by atoms with Crippen molar-refractivity contribution in [1.82, 2.24) is 5.32 Å². The van der Waals surface area contributed by atoms with Gasteiger partial charge in [-0.1, -0.05) is 6.92 Å². The molecule has 1 aliphatic heterocycles. The normalized spacial score (nSPS) is 32.7. The molecule has 1 saturated heterocycles. The minimum absolute atomic E-state index is 0.0692. The predicted molar refractivity (Wildman–Crippen MR) is 57.3 cm³/mol. The first-order chi connectivity index (χ1) is 7.17. The molecule has 3 N–H and O–H groups in total. The topological polar surface area (TPSA) is 64.3 Å². The van der Waals surface area contributed by atoms with E-state index in [0.717, 1.165) is 13.0 Å². The molecule has 1 saturated carbocycles. The molecular formula is C11H20N2O2. The number of ether oxygens (including phenoxy) is 1. The van der Waals surface area contributed by atoms with E-state index in [2.05, 4.69) is 12.2 Å². The van der Waals surface area contributed by atoms with Gasteiger partial charge in [-0.25, -0.2) is 0 Å². The van der Waals surface area contributed by atoms with Gasteiger partial charge < -0.3 is 15.8 Å². The SMILES string of the molecule is CCC1(CNC(=O)C2COCC2N)CC1. The summed E-state index contributed by atoms with van der Waals surface area (Å²) in [5, 5.41) is 3.01. The van der Waals surface area contributed by atoms with Crippen LogP contribution in [-0.2, 0) is 9.53 Å². The van der Waals surface area contributed by atoms with Crippen LogP contribution in [0.15, 0.2) is 0 Å². The monoisotopic (exact) mass is 212 g/mol. The second kappa shape index (κ2) is 4.10. The summed E-state index contributed by atoms with van der Waals surface area (Å²) in [4.78, 5) is 11.8. The summed E-state index contributed by atoms with van der Waals surface area (Å²) in [6, 6.07) is -0.123. The molecule has 0 aromatic heterocycles. The van der Waals surface area contributed by atoms with Crippen LogP contribution in [0.1, 0.15) is 26.2 Å². The molecule has 4 heteroatoms. The van der Waals surface area contributed by atoms with Gasteiger partial charge in [0, 0.05) is 12.6 Å². The number of amides is 1. The van der Waals surface area contributed by atoms with Crippen LogP contribution in [-0.4, -0.2) is 31.7 Å². The average Bonchev–Trinajstić information content (AvgIpc) is 2.91. The Morgan fingerprint density at radius 2 is 2.27 bits per heavy atom. The van der Waals surface area contributed by atoms with Crippen molar-refractivity contribution >= 4 is 5.91 Å². The number of hydrogen-bond acceptors (Lipinski definition) is 3. The molecule has 2 rings (SSSR count). The fourth-order valence-corrected chi connectivity index (χ4v) is 2.08. The standard InChI is InChI=1S/C11H20N2O2/c1-2-11(3-4-11)7-13-10(14)8-5-15-6-9(8)12/h8-9H,2-7,12H2,1H3,(H,13,14). The maximum atomic E-state index is 11.8. The first-order valence-electron chi connectivity index (χ1n) is 5.78. The molecule has 2 atom stereocenters. The Bertz CT molecular complexity index is 251. The summed E-state index contributed by atoms with van der Waals surface area (Å²) in [5.41, 5.74) is 6.18. The molecule has 15 heavy (non-hydrogen) atoms.